The molecule has 0 unspecified atom stereocenters. The Labute approximate surface area is 237 Å². The molecule has 1 aliphatic heterocycles. The molecule has 1 saturated heterocycles. The predicted molar refractivity (Wildman–Crippen MR) is 160 cm³/mol. The molecule has 202 valence electrons. The summed E-state index contributed by atoms with van der Waals surface area (Å²) in [4.78, 5) is 25.7. The van der Waals surface area contributed by atoms with Gasteiger partial charge in [-0.25, -0.2) is 4.98 Å². The maximum Gasteiger partial charge on any atom is 0.247 e. The van der Waals surface area contributed by atoms with E-state index in [1.165, 1.54) is 23.1 Å². The third-order valence-corrected chi connectivity index (χ3v) is 6.66. The molecule has 1 fully saturated rings. The van der Waals surface area contributed by atoms with E-state index in [1.54, 1.807) is 12.1 Å². The Bertz CT molecular complexity index is 1360. The quantitative estimate of drug-likeness (QED) is 0.293. The van der Waals surface area contributed by atoms with Gasteiger partial charge in [-0.3, -0.25) is 4.79 Å². The zero-order valence-electron chi connectivity index (χ0n) is 20.7. The van der Waals surface area contributed by atoms with Gasteiger partial charge in [-0.15, -0.1) is 36.2 Å². The molecule has 0 saturated carbocycles. The van der Waals surface area contributed by atoms with Gasteiger partial charge in [-0.2, -0.15) is 4.98 Å². The molecule has 4 aromatic rings. The second-order valence-corrected chi connectivity index (χ2v) is 9.19. The third-order valence-electron chi connectivity index (χ3n) is 5.77. The molecule has 2 aromatic heterocycles. The van der Waals surface area contributed by atoms with Crippen molar-refractivity contribution in [2.45, 2.75) is 0 Å². The molecule has 0 spiro atoms. The molecule has 4 N–H and O–H groups in total. The van der Waals surface area contributed by atoms with Crippen LogP contribution in [0.3, 0.4) is 0 Å². The molecule has 9 nitrogen and oxygen atoms in total. The van der Waals surface area contributed by atoms with Crippen LogP contribution in [0.2, 0.25) is 0 Å². The highest BCUT2D eigenvalue weighted by Crippen LogP contribution is 2.34. The fourth-order valence-electron chi connectivity index (χ4n) is 3.85. The number of carbonyl (C=O) groups excluding carboxylic acids is 1. The average molecular weight is 578 g/mol. The van der Waals surface area contributed by atoms with Crippen molar-refractivity contribution in [3.8, 4) is 11.6 Å². The van der Waals surface area contributed by atoms with Crippen molar-refractivity contribution in [1.29, 1.82) is 0 Å². The van der Waals surface area contributed by atoms with Crippen LogP contribution in [0.25, 0.3) is 10.2 Å². The highest BCUT2D eigenvalue weighted by molar-refractivity contribution is 7.17. The van der Waals surface area contributed by atoms with Gasteiger partial charge in [0.1, 0.15) is 10.4 Å². The number of hydrogen-bond acceptors (Lipinski definition) is 8. The Balaban J connectivity index is 0.00000169. The Morgan fingerprint density at radius 3 is 2.47 bits per heavy atom. The Kier molecular flexibility index (Phi) is 11.3. The van der Waals surface area contributed by atoms with E-state index in [4.69, 9.17) is 4.74 Å². The number of carbonyl (C=O) groups is 1. The monoisotopic (exact) mass is 576 g/mol. The summed E-state index contributed by atoms with van der Waals surface area (Å²) >= 11 is 1.51. The molecule has 0 bridgehead atoms. The van der Waals surface area contributed by atoms with E-state index in [0.29, 0.717) is 23.3 Å². The first-order chi connectivity index (χ1) is 17.1. The van der Waals surface area contributed by atoms with Crippen molar-refractivity contribution in [2.24, 2.45) is 0 Å². The van der Waals surface area contributed by atoms with E-state index in [9.17, 15) is 4.79 Å². The Morgan fingerprint density at radius 2 is 1.76 bits per heavy atom. The number of amides is 1. The van der Waals surface area contributed by atoms with Gasteiger partial charge in [0.15, 0.2) is 0 Å². The molecule has 3 heterocycles. The number of benzene rings is 2. The summed E-state index contributed by atoms with van der Waals surface area (Å²) < 4.78 is 6.97. The summed E-state index contributed by atoms with van der Waals surface area (Å²) in [7, 11) is 2.16. The second kappa shape index (κ2) is 13.9. The minimum Gasteiger partial charge on any atom is -0.437 e. The molecule has 38 heavy (non-hydrogen) atoms. The second-order valence-electron chi connectivity index (χ2n) is 8.27. The number of piperazine rings is 1. The largest absolute Gasteiger partial charge is 0.437 e. The van der Waals surface area contributed by atoms with Gasteiger partial charge in [0.05, 0.1) is 5.52 Å². The number of hydrogen-bond donors (Lipinski definition) is 2. The van der Waals surface area contributed by atoms with Crippen molar-refractivity contribution >= 4 is 75.3 Å². The fourth-order valence-corrected chi connectivity index (χ4v) is 4.61. The first-order valence-corrected chi connectivity index (χ1v) is 12.2. The van der Waals surface area contributed by atoms with Gasteiger partial charge in [0, 0.05) is 49.3 Å². The van der Waals surface area contributed by atoms with E-state index in [-0.39, 0.29) is 36.2 Å². The third kappa shape index (κ3) is 7.33. The molecule has 5 rings (SSSR count). The number of nitrogens with zero attached hydrogens (tertiary/aromatic N) is 4. The minimum absolute atomic E-state index is 0. The number of aromatic nitrogens is 2. The molecule has 0 aliphatic carbocycles. The maximum atomic E-state index is 11.6. The van der Waals surface area contributed by atoms with Crippen molar-refractivity contribution in [1.82, 2.24) is 14.9 Å². The molecular weight excluding hydrogens is 547 g/mol. The van der Waals surface area contributed by atoms with E-state index in [0.717, 1.165) is 42.1 Å². The van der Waals surface area contributed by atoms with E-state index >= 15 is 0 Å². The lowest BCUT2D eigenvalue weighted by molar-refractivity contribution is -0.111. The highest BCUT2D eigenvalue weighted by atomic mass is 35.5. The normalized spacial score (nSPS) is 12.9. The number of rotatable bonds is 7. The lowest BCUT2D eigenvalue weighted by Crippen LogP contribution is -2.44. The predicted octanol–water partition coefficient (Wildman–Crippen LogP) is 5.12. The van der Waals surface area contributed by atoms with Crippen LogP contribution in [0.4, 0.5) is 23.0 Å². The molecule has 1 amide bonds. The maximum absolute atomic E-state index is 11.6. The number of thiophene rings is 1. The Hall–Kier alpha value is -3.41. The highest BCUT2D eigenvalue weighted by Gasteiger charge is 2.15. The minimum atomic E-state index is -0.282. The van der Waals surface area contributed by atoms with Gasteiger partial charge in [-0.05, 0) is 61.0 Å². The van der Waals surface area contributed by atoms with Gasteiger partial charge in [-0.1, -0.05) is 12.6 Å². The van der Waals surface area contributed by atoms with Crippen molar-refractivity contribution in [2.75, 3.05) is 48.8 Å². The lowest BCUT2D eigenvalue weighted by atomic mass is 10.2. The molecule has 12 heteroatoms. The lowest BCUT2D eigenvalue weighted by Gasteiger charge is -2.34. The van der Waals surface area contributed by atoms with Gasteiger partial charge < -0.3 is 30.6 Å². The van der Waals surface area contributed by atoms with Crippen LogP contribution >= 0.6 is 36.2 Å². The summed E-state index contributed by atoms with van der Waals surface area (Å²) in [6.07, 6.45) is 1.22. The van der Waals surface area contributed by atoms with Crippen LogP contribution in [0, 0.1) is 0 Å². The number of anilines is 4. The summed E-state index contributed by atoms with van der Waals surface area (Å²) in [6, 6.07) is 17.4. The zero-order chi connectivity index (χ0) is 24.2. The molecule has 0 radical (unpaired) electrons. The van der Waals surface area contributed by atoms with Crippen LogP contribution < -0.4 is 20.3 Å². The fraction of sp³-hybridized carbons (Fsp3) is 0.192. The van der Waals surface area contributed by atoms with Gasteiger partial charge in [0.2, 0.25) is 17.7 Å². The first-order valence-electron chi connectivity index (χ1n) is 11.3. The van der Waals surface area contributed by atoms with Crippen LogP contribution in [-0.4, -0.2) is 59.5 Å². The standard InChI is InChI=1S/C26H26N6O2S.2ClH.H2O/c1-3-23(33)27-19-5-4-6-21(17-19)34-25-24-22(11-16-35-24)29-26(30-25)28-18-7-9-20(10-8-18)32-14-12-31(2)13-15-32;;;/h3-11,16-17H,1,12-15H2,2H3,(H,27,33)(H,28,29,30);2*1H;1H2. The topological polar surface area (TPSA) is 114 Å². The van der Waals surface area contributed by atoms with Crippen molar-refractivity contribution in [3.63, 3.8) is 0 Å². The van der Waals surface area contributed by atoms with Crippen molar-refractivity contribution in [3.05, 3.63) is 72.6 Å². The van der Waals surface area contributed by atoms with Gasteiger partial charge >= 0.3 is 0 Å². The molecular formula is C26H30Cl2N6O3S. The van der Waals surface area contributed by atoms with Crippen LogP contribution in [0.15, 0.2) is 72.6 Å². The first kappa shape index (κ1) is 30.8. The summed E-state index contributed by atoms with van der Waals surface area (Å²) in [6.45, 7) is 7.68. The van der Waals surface area contributed by atoms with Crippen LogP contribution in [-0.2, 0) is 4.79 Å². The van der Waals surface area contributed by atoms with Crippen LogP contribution in [0.5, 0.6) is 11.6 Å². The SMILES string of the molecule is C=CC(=O)Nc1cccc(Oc2nc(Nc3ccc(N4CCN(C)CC4)cc3)nc3ccsc23)c1.Cl.Cl.O. The van der Waals surface area contributed by atoms with Crippen molar-refractivity contribution < 1.29 is 15.0 Å². The summed E-state index contributed by atoms with van der Waals surface area (Å²) in [5.74, 6) is 1.18. The molecule has 1 aliphatic rings. The van der Waals surface area contributed by atoms with Gasteiger partial charge in [0.25, 0.3) is 0 Å². The summed E-state index contributed by atoms with van der Waals surface area (Å²) in [5.41, 5.74) is 3.53. The number of halogens is 2. The van der Waals surface area contributed by atoms with E-state index in [1.807, 2.05) is 35.7 Å². The zero-order valence-corrected chi connectivity index (χ0v) is 23.2. The Morgan fingerprint density at radius 1 is 1.03 bits per heavy atom. The van der Waals surface area contributed by atoms with E-state index in [2.05, 4.69) is 56.2 Å². The molecule has 2 aromatic carbocycles. The number of ether oxygens (including phenoxy) is 1. The smallest absolute Gasteiger partial charge is 0.247 e. The number of nitrogens with one attached hydrogen (secondary N) is 2. The van der Waals surface area contributed by atoms with Crippen LogP contribution in [0.1, 0.15) is 0 Å². The number of fused-ring (bicyclic) bond motifs is 1. The molecule has 0 atom stereocenters. The number of likely N-dealkylation sites (N-methyl/N-ethyl adjacent to an activating group) is 1. The average Bonchev–Trinajstić information content (AvgIpc) is 3.34. The van der Waals surface area contributed by atoms with E-state index < -0.39 is 0 Å². The summed E-state index contributed by atoms with van der Waals surface area (Å²) in [5, 5.41) is 8.00.